The standard InChI is InChI=1S/C27H26N2O5/c1-16-6-9-20(12-17(16)2)29-26(30)24(18-7-10-21(32-3)11-8-18)25(27(29)31)28-19-13-22(33-4)15-23(14-19)34-5/h6-15,28H,1-5H3. The van der Waals surface area contributed by atoms with Crippen LogP contribution in [0, 0.1) is 13.8 Å². The first-order chi connectivity index (χ1) is 16.4. The van der Waals surface area contributed by atoms with Gasteiger partial charge in [-0.2, -0.15) is 0 Å². The molecular weight excluding hydrogens is 432 g/mol. The van der Waals surface area contributed by atoms with Crippen LogP contribution in [0.2, 0.25) is 0 Å². The number of carbonyl (C=O) groups excluding carboxylic acids is 2. The van der Waals surface area contributed by atoms with E-state index in [-0.39, 0.29) is 11.3 Å². The molecule has 0 saturated heterocycles. The average molecular weight is 459 g/mol. The van der Waals surface area contributed by atoms with Crippen LogP contribution in [0.5, 0.6) is 17.2 Å². The van der Waals surface area contributed by atoms with Crippen molar-refractivity contribution in [1.82, 2.24) is 0 Å². The van der Waals surface area contributed by atoms with Crippen molar-refractivity contribution in [2.45, 2.75) is 13.8 Å². The molecule has 4 rings (SSSR count). The van der Waals surface area contributed by atoms with E-state index in [0.717, 1.165) is 11.1 Å². The molecule has 0 bridgehead atoms. The highest BCUT2D eigenvalue weighted by Gasteiger charge is 2.40. The molecule has 174 valence electrons. The van der Waals surface area contributed by atoms with Crippen LogP contribution in [0.4, 0.5) is 11.4 Å². The Labute approximate surface area is 198 Å². The summed E-state index contributed by atoms with van der Waals surface area (Å²) in [5, 5.41) is 3.15. The molecule has 1 N–H and O–H groups in total. The monoisotopic (exact) mass is 458 g/mol. The van der Waals surface area contributed by atoms with Crippen molar-refractivity contribution in [2.75, 3.05) is 31.5 Å². The minimum Gasteiger partial charge on any atom is -0.497 e. The van der Waals surface area contributed by atoms with Gasteiger partial charge in [-0.05, 0) is 54.8 Å². The predicted octanol–water partition coefficient (Wildman–Crippen LogP) is 4.73. The normalized spacial score (nSPS) is 13.4. The summed E-state index contributed by atoms with van der Waals surface area (Å²) in [5.41, 5.74) is 4.18. The Morgan fingerprint density at radius 3 is 1.85 bits per heavy atom. The molecule has 1 heterocycles. The van der Waals surface area contributed by atoms with Crippen LogP contribution in [0.15, 0.2) is 66.4 Å². The van der Waals surface area contributed by atoms with E-state index in [4.69, 9.17) is 14.2 Å². The second-order valence-electron chi connectivity index (χ2n) is 7.92. The van der Waals surface area contributed by atoms with Gasteiger partial charge in [0.25, 0.3) is 11.8 Å². The minimum atomic E-state index is -0.444. The van der Waals surface area contributed by atoms with Crippen LogP contribution in [0.3, 0.4) is 0 Å². The van der Waals surface area contributed by atoms with Gasteiger partial charge >= 0.3 is 0 Å². The zero-order valence-corrected chi connectivity index (χ0v) is 19.8. The second kappa shape index (κ2) is 9.31. The maximum absolute atomic E-state index is 13.6. The van der Waals surface area contributed by atoms with Gasteiger partial charge in [-0.1, -0.05) is 18.2 Å². The second-order valence-corrected chi connectivity index (χ2v) is 7.92. The lowest BCUT2D eigenvalue weighted by Gasteiger charge is -2.17. The molecule has 0 radical (unpaired) electrons. The Hall–Kier alpha value is -4.26. The summed E-state index contributed by atoms with van der Waals surface area (Å²) < 4.78 is 15.9. The van der Waals surface area contributed by atoms with E-state index in [1.165, 1.54) is 4.90 Å². The number of hydrogen-bond donors (Lipinski definition) is 1. The molecule has 3 aromatic carbocycles. The van der Waals surface area contributed by atoms with Crippen LogP contribution >= 0.6 is 0 Å². The van der Waals surface area contributed by atoms with Gasteiger partial charge < -0.3 is 19.5 Å². The summed E-state index contributed by atoms with van der Waals surface area (Å²) in [4.78, 5) is 28.5. The topological polar surface area (TPSA) is 77.1 Å². The first-order valence-electron chi connectivity index (χ1n) is 10.7. The number of imide groups is 1. The molecule has 0 spiro atoms. The number of nitrogens with one attached hydrogen (secondary N) is 1. The fraction of sp³-hybridized carbons (Fsp3) is 0.185. The van der Waals surface area contributed by atoms with E-state index in [1.807, 2.05) is 26.0 Å². The predicted molar refractivity (Wildman–Crippen MR) is 131 cm³/mol. The lowest BCUT2D eigenvalue weighted by atomic mass is 10.0. The van der Waals surface area contributed by atoms with Gasteiger partial charge in [-0.15, -0.1) is 0 Å². The lowest BCUT2D eigenvalue weighted by Crippen LogP contribution is -2.32. The Morgan fingerprint density at radius 2 is 1.29 bits per heavy atom. The summed E-state index contributed by atoms with van der Waals surface area (Å²) >= 11 is 0. The van der Waals surface area contributed by atoms with Crippen molar-refractivity contribution in [3.8, 4) is 17.2 Å². The molecule has 1 aliphatic rings. The first-order valence-corrected chi connectivity index (χ1v) is 10.7. The molecule has 7 heteroatoms. The molecule has 7 nitrogen and oxygen atoms in total. The molecule has 0 aliphatic carbocycles. The molecule has 3 aromatic rings. The average Bonchev–Trinajstić information content (AvgIpc) is 3.09. The van der Waals surface area contributed by atoms with Crippen LogP contribution in [-0.2, 0) is 9.59 Å². The Bertz CT molecular complexity index is 1270. The molecular formula is C27H26N2O5. The van der Waals surface area contributed by atoms with Gasteiger partial charge in [-0.3, -0.25) is 9.59 Å². The number of amides is 2. The van der Waals surface area contributed by atoms with Gasteiger partial charge in [0, 0.05) is 23.9 Å². The molecule has 0 saturated carbocycles. The zero-order valence-electron chi connectivity index (χ0n) is 19.8. The Morgan fingerprint density at radius 1 is 0.676 bits per heavy atom. The van der Waals surface area contributed by atoms with Crippen molar-refractivity contribution in [3.05, 3.63) is 83.1 Å². The third kappa shape index (κ3) is 4.20. The smallest absolute Gasteiger partial charge is 0.282 e. The molecule has 0 atom stereocenters. The number of ether oxygens (including phenoxy) is 3. The number of aryl methyl sites for hydroxylation is 2. The summed E-state index contributed by atoms with van der Waals surface area (Å²) in [6.45, 7) is 3.93. The van der Waals surface area contributed by atoms with E-state index >= 15 is 0 Å². The van der Waals surface area contributed by atoms with Crippen molar-refractivity contribution in [2.24, 2.45) is 0 Å². The van der Waals surface area contributed by atoms with E-state index < -0.39 is 11.8 Å². The summed E-state index contributed by atoms with van der Waals surface area (Å²) in [5.74, 6) is 0.906. The largest absolute Gasteiger partial charge is 0.497 e. The highest BCUT2D eigenvalue weighted by molar-refractivity contribution is 6.46. The quantitative estimate of drug-likeness (QED) is 0.516. The number of methoxy groups -OCH3 is 3. The lowest BCUT2D eigenvalue weighted by molar-refractivity contribution is -0.120. The van der Waals surface area contributed by atoms with Gasteiger partial charge in [0.05, 0.1) is 32.6 Å². The summed E-state index contributed by atoms with van der Waals surface area (Å²) in [6.07, 6.45) is 0. The van der Waals surface area contributed by atoms with Crippen LogP contribution < -0.4 is 24.4 Å². The molecule has 34 heavy (non-hydrogen) atoms. The SMILES string of the molecule is COc1ccc(C2=C(Nc3cc(OC)cc(OC)c3)C(=O)N(c3ccc(C)c(C)c3)C2=O)cc1. The van der Waals surface area contributed by atoms with Gasteiger partial charge in [0.2, 0.25) is 0 Å². The number of rotatable bonds is 7. The van der Waals surface area contributed by atoms with Gasteiger partial charge in [0.15, 0.2) is 0 Å². The minimum absolute atomic E-state index is 0.170. The van der Waals surface area contributed by atoms with Crippen molar-refractivity contribution in [3.63, 3.8) is 0 Å². The van der Waals surface area contributed by atoms with E-state index in [2.05, 4.69) is 5.32 Å². The van der Waals surface area contributed by atoms with Crippen LogP contribution in [0.1, 0.15) is 16.7 Å². The number of anilines is 2. The molecule has 0 unspecified atom stereocenters. The summed E-state index contributed by atoms with van der Waals surface area (Å²) in [6, 6.07) is 17.7. The molecule has 2 amide bonds. The van der Waals surface area contributed by atoms with Gasteiger partial charge in [0.1, 0.15) is 22.9 Å². The number of nitrogens with zero attached hydrogens (tertiary/aromatic N) is 1. The third-order valence-electron chi connectivity index (χ3n) is 5.83. The van der Waals surface area contributed by atoms with Crippen LogP contribution in [-0.4, -0.2) is 33.1 Å². The highest BCUT2D eigenvalue weighted by atomic mass is 16.5. The zero-order chi connectivity index (χ0) is 24.4. The maximum Gasteiger partial charge on any atom is 0.282 e. The van der Waals surface area contributed by atoms with E-state index in [9.17, 15) is 9.59 Å². The van der Waals surface area contributed by atoms with Crippen molar-refractivity contribution >= 4 is 28.8 Å². The maximum atomic E-state index is 13.6. The van der Waals surface area contributed by atoms with Gasteiger partial charge in [-0.25, -0.2) is 4.90 Å². The third-order valence-corrected chi connectivity index (χ3v) is 5.83. The van der Waals surface area contributed by atoms with Crippen molar-refractivity contribution < 1.29 is 23.8 Å². The molecule has 0 fully saturated rings. The highest BCUT2D eigenvalue weighted by Crippen LogP contribution is 2.36. The Balaban J connectivity index is 1.83. The number of benzene rings is 3. The first kappa shape index (κ1) is 22.9. The Kier molecular flexibility index (Phi) is 6.27. The van der Waals surface area contributed by atoms with Crippen molar-refractivity contribution in [1.29, 1.82) is 0 Å². The van der Waals surface area contributed by atoms with E-state index in [1.54, 1.807) is 69.9 Å². The van der Waals surface area contributed by atoms with Crippen LogP contribution in [0.25, 0.3) is 5.57 Å². The summed E-state index contributed by atoms with van der Waals surface area (Å²) in [7, 11) is 4.67. The fourth-order valence-electron chi connectivity index (χ4n) is 3.79. The molecule has 1 aliphatic heterocycles. The van der Waals surface area contributed by atoms with E-state index in [0.29, 0.717) is 34.2 Å². The fourth-order valence-corrected chi connectivity index (χ4v) is 3.79. The number of carbonyl (C=O) groups is 2. The molecule has 0 aromatic heterocycles. The number of hydrogen-bond acceptors (Lipinski definition) is 6.